The highest BCUT2D eigenvalue weighted by molar-refractivity contribution is 5.94. The largest absolute Gasteiger partial charge is 0.481 e. The summed E-state index contributed by atoms with van der Waals surface area (Å²) < 4.78 is 10.5. The minimum absolute atomic E-state index is 0.131. The van der Waals surface area contributed by atoms with Crippen LogP contribution in [0.25, 0.3) is 0 Å². The highest BCUT2D eigenvalue weighted by Gasteiger charge is 2.12. The number of aliphatic carboxylic acids is 1. The van der Waals surface area contributed by atoms with Gasteiger partial charge >= 0.3 is 5.97 Å². The van der Waals surface area contributed by atoms with Gasteiger partial charge in [0.2, 0.25) is 11.8 Å². The molecule has 11 nitrogen and oxygen atoms in total. The van der Waals surface area contributed by atoms with Crippen molar-refractivity contribution in [3.63, 3.8) is 0 Å². The summed E-state index contributed by atoms with van der Waals surface area (Å²) in [5, 5.41) is 16.7. The Morgan fingerprint density at radius 1 is 0.906 bits per heavy atom. The summed E-state index contributed by atoms with van der Waals surface area (Å²) in [5.74, 6) is -2.26. The number of hydrogen-bond donors (Lipinski definition) is 5. The van der Waals surface area contributed by atoms with Gasteiger partial charge in [0.15, 0.2) is 0 Å². The van der Waals surface area contributed by atoms with Gasteiger partial charge in [0, 0.05) is 37.3 Å². The minimum Gasteiger partial charge on any atom is -0.481 e. The van der Waals surface area contributed by atoms with Gasteiger partial charge in [0.05, 0.1) is 25.7 Å². The van der Waals surface area contributed by atoms with Crippen LogP contribution in [0.5, 0.6) is 0 Å². The molecule has 0 saturated carbocycles. The SMILES string of the molecule is CC(CCC(=O)NCCOCCOCC(=O)NCCNC(=O)c1ccc(N)cc1)C(=O)O. The van der Waals surface area contributed by atoms with E-state index in [1.54, 1.807) is 31.2 Å². The van der Waals surface area contributed by atoms with Gasteiger partial charge < -0.3 is 36.3 Å². The lowest BCUT2D eigenvalue weighted by atomic mass is 10.1. The van der Waals surface area contributed by atoms with E-state index in [4.69, 9.17) is 20.3 Å². The number of nitrogens with two attached hydrogens (primary N) is 1. The van der Waals surface area contributed by atoms with E-state index in [0.717, 1.165) is 0 Å². The lowest BCUT2D eigenvalue weighted by Crippen LogP contribution is -2.36. The molecule has 0 fully saturated rings. The van der Waals surface area contributed by atoms with E-state index < -0.39 is 11.9 Å². The Labute approximate surface area is 187 Å². The maximum Gasteiger partial charge on any atom is 0.306 e. The zero-order valence-electron chi connectivity index (χ0n) is 18.2. The molecule has 1 atom stereocenters. The minimum atomic E-state index is -0.920. The Morgan fingerprint density at radius 2 is 1.53 bits per heavy atom. The molecule has 0 bridgehead atoms. The first-order valence-electron chi connectivity index (χ1n) is 10.3. The third kappa shape index (κ3) is 12.5. The topological polar surface area (TPSA) is 169 Å². The molecule has 0 saturated heterocycles. The number of carbonyl (C=O) groups excluding carboxylic acids is 3. The lowest BCUT2D eigenvalue weighted by molar-refractivity contribution is -0.141. The zero-order chi connectivity index (χ0) is 23.8. The molecular weight excluding hydrogens is 420 g/mol. The van der Waals surface area contributed by atoms with Crippen LogP contribution in [-0.4, -0.2) is 74.9 Å². The maximum absolute atomic E-state index is 11.9. The molecule has 0 aromatic heterocycles. The molecule has 1 rings (SSSR count). The van der Waals surface area contributed by atoms with Crippen molar-refractivity contribution in [2.45, 2.75) is 19.8 Å². The van der Waals surface area contributed by atoms with Gasteiger partial charge in [0.25, 0.3) is 5.91 Å². The number of nitrogens with one attached hydrogen (secondary N) is 3. The molecule has 32 heavy (non-hydrogen) atoms. The van der Waals surface area contributed by atoms with E-state index in [1.165, 1.54) is 0 Å². The molecular formula is C21H32N4O7. The van der Waals surface area contributed by atoms with Crippen LogP contribution < -0.4 is 21.7 Å². The van der Waals surface area contributed by atoms with Gasteiger partial charge in [-0.3, -0.25) is 19.2 Å². The first kappa shape index (κ1) is 26.9. The number of rotatable bonds is 16. The fraction of sp³-hybridized carbons (Fsp3) is 0.524. The van der Waals surface area contributed by atoms with Crippen LogP contribution in [0.2, 0.25) is 0 Å². The second kappa shape index (κ2) is 15.6. The fourth-order valence-corrected chi connectivity index (χ4v) is 2.37. The molecule has 0 aliphatic heterocycles. The number of nitrogen functional groups attached to an aromatic ring is 1. The number of carbonyl (C=O) groups is 4. The summed E-state index contributed by atoms with van der Waals surface area (Å²) in [6, 6.07) is 6.52. The third-order valence-corrected chi connectivity index (χ3v) is 4.31. The smallest absolute Gasteiger partial charge is 0.306 e. The Balaban J connectivity index is 1.94. The second-order valence-electron chi connectivity index (χ2n) is 7.02. The van der Waals surface area contributed by atoms with E-state index in [9.17, 15) is 19.2 Å². The predicted molar refractivity (Wildman–Crippen MR) is 117 cm³/mol. The summed E-state index contributed by atoms with van der Waals surface area (Å²) >= 11 is 0. The number of anilines is 1. The average Bonchev–Trinajstić information content (AvgIpc) is 2.77. The highest BCUT2D eigenvalue weighted by Crippen LogP contribution is 2.05. The van der Waals surface area contributed by atoms with Crippen LogP contribution in [0.3, 0.4) is 0 Å². The summed E-state index contributed by atoms with van der Waals surface area (Å²) in [6.45, 7) is 3.03. The molecule has 178 valence electrons. The molecule has 0 radical (unpaired) electrons. The van der Waals surface area contributed by atoms with Gasteiger partial charge in [-0.25, -0.2) is 0 Å². The Morgan fingerprint density at radius 3 is 2.22 bits per heavy atom. The van der Waals surface area contributed by atoms with Crippen molar-refractivity contribution in [2.24, 2.45) is 5.92 Å². The molecule has 1 unspecified atom stereocenters. The molecule has 11 heteroatoms. The zero-order valence-corrected chi connectivity index (χ0v) is 18.2. The summed E-state index contributed by atoms with van der Waals surface area (Å²) in [6.07, 6.45) is 0.434. The van der Waals surface area contributed by atoms with Crippen LogP contribution in [0.15, 0.2) is 24.3 Å². The first-order valence-corrected chi connectivity index (χ1v) is 10.3. The van der Waals surface area contributed by atoms with E-state index in [0.29, 0.717) is 17.8 Å². The van der Waals surface area contributed by atoms with Crippen molar-refractivity contribution in [1.82, 2.24) is 16.0 Å². The van der Waals surface area contributed by atoms with Gasteiger partial charge in [0.1, 0.15) is 6.61 Å². The van der Waals surface area contributed by atoms with Crippen molar-refractivity contribution in [3.05, 3.63) is 29.8 Å². The average molecular weight is 453 g/mol. The van der Waals surface area contributed by atoms with Crippen LogP contribution in [0, 0.1) is 5.92 Å². The summed E-state index contributed by atoms with van der Waals surface area (Å²) in [4.78, 5) is 45.8. The summed E-state index contributed by atoms with van der Waals surface area (Å²) in [5.41, 5.74) is 6.63. The van der Waals surface area contributed by atoms with Gasteiger partial charge in [-0.15, -0.1) is 0 Å². The van der Waals surface area contributed by atoms with Crippen LogP contribution in [0.1, 0.15) is 30.1 Å². The van der Waals surface area contributed by atoms with Crippen molar-refractivity contribution < 1.29 is 33.8 Å². The number of hydrogen-bond acceptors (Lipinski definition) is 7. The highest BCUT2D eigenvalue weighted by atomic mass is 16.5. The van der Waals surface area contributed by atoms with Gasteiger partial charge in [-0.2, -0.15) is 0 Å². The molecule has 6 N–H and O–H groups in total. The van der Waals surface area contributed by atoms with Crippen molar-refractivity contribution in [2.75, 3.05) is 51.8 Å². The van der Waals surface area contributed by atoms with E-state index in [1.807, 2.05) is 0 Å². The monoisotopic (exact) mass is 452 g/mol. The number of carboxylic acid groups (broad SMARTS) is 1. The molecule has 1 aromatic carbocycles. The van der Waals surface area contributed by atoms with Gasteiger partial charge in [-0.05, 0) is 30.7 Å². The molecule has 0 aliphatic rings. The molecule has 0 aliphatic carbocycles. The summed E-state index contributed by atoms with van der Waals surface area (Å²) in [7, 11) is 0. The quantitative estimate of drug-likeness (QED) is 0.169. The number of amides is 3. The molecule has 1 aromatic rings. The first-order chi connectivity index (χ1) is 15.3. The number of carboxylic acids is 1. The van der Waals surface area contributed by atoms with Crippen LogP contribution in [-0.2, 0) is 23.9 Å². The normalized spacial score (nSPS) is 11.4. The van der Waals surface area contributed by atoms with E-state index in [-0.39, 0.29) is 70.1 Å². The van der Waals surface area contributed by atoms with Crippen LogP contribution in [0.4, 0.5) is 5.69 Å². The van der Waals surface area contributed by atoms with Crippen LogP contribution >= 0.6 is 0 Å². The van der Waals surface area contributed by atoms with E-state index >= 15 is 0 Å². The molecule has 0 spiro atoms. The Kier molecular flexibility index (Phi) is 13.1. The lowest BCUT2D eigenvalue weighted by Gasteiger charge is -2.09. The van der Waals surface area contributed by atoms with Crippen molar-refractivity contribution >= 4 is 29.4 Å². The third-order valence-electron chi connectivity index (χ3n) is 4.31. The Bertz CT molecular complexity index is 740. The fourth-order valence-electron chi connectivity index (χ4n) is 2.37. The predicted octanol–water partition coefficient (Wildman–Crippen LogP) is -0.235. The van der Waals surface area contributed by atoms with Crippen molar-refractivity contribution in [1.29, 1.82) is 0 Å². The Hall–Kier alpha value is -3.18. The van der Waals surface area contributed by atoms with Gasteiger partial charge in [-0.1, -0.05) is 6.92 Å². The van der Waals surface area contributed by atoms with E-state index in [2.05, 4.69) is 16.0 Å². The number of benzene rings is 1. The standard InChI is InChI=1S/C21H32N4O7/c1-15(21(29)30)2-7-18(26)24-10-11-31-12-13-32-14-19(27)23-8-9-25-20(28)16-3-5-17(22)6-4-16/h3-6,15H,2,7-14,22H2,1H3,(H,23,27)(H,24,26)(H,25,28)(H,29,30). The second-order valence-corrected chi connectivity index (χ2v) is 7.02. The number of ether oxygens (including phenoxy) is 2. The van der Waals surface area contributed by atoms with Crippen molar-refractivity contribution in [3.8, 4) is 0 Å². The maximum atomic E-state index is 11.9. The molecule has 0 heterocycles. The molecule has 3 amide bonds.